The van der Waals surface area contributed by atoms with Crippen molar-refractivity contribution in [3.8, 4) is 0 Å². The third-order valence-corrected chi connectivity index (χ3v) is 3.95. The highest BCUT2D eigenvalue weighted by Gasteiger charge is 2.30. The minimum Gasteiger partial charge on any atom is -0.327 e. The van der Waals surface area contributed by atoms with E-state index in [9.17, 15) is 13.6 Å². The molecule has 1 atom stereocenters. The van der Waals surface area contributed by atoms with Crippen LogP contribution in [0.5, 0.6) is 0 Å². The van der Waals surface area contributed by atoms with Crippen LogP contribution in [0.4, 0.5) is 8.78 Å². The Morgan fingerprint density at radius 3 is 2.61 bits per heavy atom. The number of carbonyl (C=O) groups is 1. The highest BCUT2D eigenvalue weighted by atomic mass is 19.1. The second-order valence-electron chi connectivity index (χ2n) is 5.40. The average Bonchev–Trinajstić information content (AvgIpc) is 3.02. The van der Waals surface area contributed by atoms with Crippen LogP contribution < -0.4 is 5.73 Å². The number of nitrogens with zero attached hydrogens (tertiary/aromatic N) is 1. The molecule has 0 fully saturated rings. The van der Waals surface area contributed by atoms with E-state index < -0.39 is 11.6 Å². The summed E-state index contributed by atoms with van der Waals surface area (Å²) >= 11 is 0. The molecule has 2 aromatic rings. The first-order valence-corrected chi connectivity index (χ1v) is 7.30. The van der Waals surface area contributed by atoms with Gasteiger partial charge in [-0.05, 0) is 29.3 Å². The molecule has 0 radical (unpaired) electrons. The number of nitrogens with two attached hydrogens (primary N) is 1. The van der Waals surface area contributed by atoms with Crippen LogP contribution in [0.15, 0.2) is 54.6 Å². The van der Waals surface area contributed by atoms with Crippen LogP contribution in [-0.4, -0.2) is 23.9 Å². The van der Waals surface area contributed by atoms with Gasteiger partial charge in [-0.1, -0.05) is 36.4 Å². The van der Waals surface area contributed by atoms with E-state index >= 15 is 0 Å². The van der Waals surface area contributed by atoms with E-state index in [1.165, 1.54) is 0 Å². The molecule has 0 saturated heterocycles. The molecule has 118 valence electrons. The maximum Gasteiger partial charge on any atom is 0.237 e. The fourth-order valence-corrected chi connectivity index (χ4v) is 2.82. The molecule has 0 aromatic heterocycles. The van der Waals surface area contributed by atoms with Crippen molar-refractivity contribution in [2.75, 3.05) is 13.1 Å². The second-order valence-corrected chi connectivity index (χ2v) is 5.40. The van der Waals surface area contributed by atoms with Crippen molar-refractivity contribution < 1.29 is 13.6 Å². The van der Waals surface area contributed by atoms with Gasteiger partial charge >= 0.3 is 0 Å². The van der Waals surface area contributed by atoms with E-state index in [0.717, 1.165) is 23.8 Å². The van der Waals surface area contributed by atoms with Crippen molar-refractivity contribution in [2.24, 2.45) is 5.73 Å². The summed E-state index contributed by atoms with van der Waals surface area (Å²) in [5.41, 5.74) is 7.15. The third kappa shape index (κ3) is 3.00. The Morgan fingerprint density at radius 2 is 1.91 bits per heavy atom. The lowest BCUT2D eigenvalue weighted by Gasteiger charge is -2.24. The maximum absolute atomic E-state index is 14.0. The topological polar surface area (TPSA) is 46.3 Å². The summed E-state index contributed by atoms with van der Waals surface area (Å²) in [5.74, 6) is -1.25. The van der Waals surface area contributed by atoms with Gasteiger partial charge in [0, 0.05) is 12.1 Å². The monoisotopic (exact) mass is 314 g/mol. The summed E-state index contributed by atoms with van der Waals surface area (Å²) in [6.45, 7) is 0.0755. The Balaban J connectivity index is 2.03. The van der Waals surface area contributed by atoms with Gasteiger partial charge in [0.05, 0.1) is 12.6 Å². The predicted octanol–water partition coefficient (Wildman–Crippen LogP) is 2.89. The lowest BCUT2D eigenvalue weighted by Crippen LogP contribution is -2.36. The molecule has 3 nitrogen and oxygen atoms in total. The Bertz CT molecular complexity index is 759. The van der Waals surface area contributed by atoms with Crippen molar-refractivity contribution in [1.29, 1.82) is 0 Å². The highest BCUT2D eigenvalue weighted by Crippen LogP contribution is 2.35. The first-order valence-electron chi connectivity index (χ1n) is 7.30. The van der Waals surface area contributed by atoms with Crippen LogP contribution in [0.25, 0.3) is 5.57 Å². The summed E-state index contributed by atoms with van der Waals surface area (Å²) in [6, 6.07) is 12.4. The molecule has 3 rings (SSSR count). The normalized spacial score (nSPS) is 17.3. The minimum atomic E-state index is -0.512. The number of amides is 1. The van der Waals surface area contributed by atoms with Crippen LogP contribution in [0.1, 0.15) is 17.2 Å². The molecule has 1 amide bonds. The van der Waals surface area contributed by atoms with Crippen molar-refractivity contribution in [3.05, 3.63) is 77.4 Å². The lowest BCUT2D eigenvalue weighted by molar-refractivity contribution is -0.130. The molecule has 2 aromatic carbocycles. The molecular formula is C18H16F2N2O. The maximum atomic E-state index is 14.0. The van der Waals surface area contributed by atoms with Gasteiger partial charge in [0.15, 0.2) is 0 Å². The Labute approximate surface area is 133 Å². The third-order valence-electron chi connectivity index (χ3n) is 3.95. The van der Waals surface area contributed by atoms with Crippen LogP contribution in [0, 0.1) is 11.6 Å². The van der Waals surface area contributed by atoms with E-state index in [1.54, 1.807) is 11.0 Å². The molecule has 0 spiro atoms. The predicted molar refractivity (Wildman–Crippen MR) is 84.3 cm³/mol. The number of benzene rings is 2. The van der Waals surface area contributed by atoms with Crippen LogP contribution in [0.2, 0.25) is 0 Å². The van der Waals surface area contributed by atoms with Crippen LogP contribution in [-0.2, 0) is 4.79 Å². The van der Waals surface area contributed by atoms with Crippen molar-refractivity contribution in [1.82, 2.24) is 4.90 Å². The average molecular weight is 314 g/mol. The van der Waals surface area contributed by atoms with E-state index in [-0.39, 0.29) is 30.6 Å². The summed E-state index contributed by atoms with van der Waals surface area (Å²) in [5, 5.41) is 0. The van der Waals surface area contributed by atoms with Crippen molar-refractivity contribution in [3.63, 3.8) is 0 Å². The molecular weight excluding hydrogens is 298 g/mol. The smallest absolute Gasteiger partial charge is 0.237 e. The fraction of sp³-hybridized carbons (Fsp3) is 0.167. The van der Waals surface area contributed by atoms with Gasteiger partial charge in [-0.3, -0.25) is 4.79 Å². The SMILES string of the molecule is NCC(=O)N1CC(c2cc(F)ccc2F)=CC1c1ccccc1. The first-order chi connectivity index (χ1) is 11.1. The zero-order chi connectivity index (χ0) is 16.4. The number of halogens is 2. The van der Waals surface area contributed by atoms with E-state index in [2.05, 4.69) is 0 Å². The first kappa shape index (κ1) is 15.4. The zero-order valence-electron chi connectivity index (χ0n) is 12.4. The van der Waals surface area contributed by atoms with Crippen molar-refractivity contribution in [2.45, 2.75) is 6.04 Å². The van der Waals surface area contributed by atoms with Crippen LogP contribution >= 0.6 is 0 Å². The Hall–Kier alpha value is -2.53. The second kappa shape index (κ2) is 6.30. The van der Waals surface area contributed by atoms with Crippen molar-refractivity contribution >= 4 is 11.5 Å². The van der Waals surface area contributed by atoms with Gasteiger partial charge in [0.25, 0.3) is 0 Å². The number of rotatable bonds is 3. The molecule has 0 bridgehead atoms. The van der Waals surface area contributed by atoms with Crippen LogP contribution in [0.3, 0.4) is 0 Å². The molecule has 2 N–H and O–H groups in total. The van der Waals surface area contributed by atoms with E-state index in [4.69, 9.17) is 5.73 Å². The lowest BCUT2D eigenvalue weighted by atomic mass is 10.0. The van der Waals surface area contributed by atoms with Gasteiger partial charge in [0.2, 0.25) is 5.91 Å². The van der Waals surface area contributed by atoms with E-state index in [1.807, 2.05) is 30.3 Å². The number of hydrogen-bond acceptors (Lipinski definition) is 2. The molecule has 23 heavy (non-hydrogen) atoms. The molecule has 1 aliphatic rings. The number of carbonyl (C=O) groups excluding carboxylic acids is 1. The Morgan fingerprint density at radius 1 is 1.17 bits per heavy atom. The summed E-state index contributed by atoms with van der Waals surface area (Å²) < 4.78 is 27.5. The summed E-state index contributed by atoms with van der Waals surface area (Å²) in [6.07, 6.45) is 1.79. The molecule has 1 heterocycles. The fourth-order valence-electron chi connectivity index (χ4n) is 2.82. The quantitative estimate of drug-likeness (QED) is 0.947. The number of hydrogen-bond donors (Lipinski definition) is 1. The van der Waals surface area contributed by atoms with Gasteiger partial charge in [0.1, 0.15) is 11.6 Å². The molecule has 1 aliphatic heterocycles. The zero-order valence-corrected chi connectivity index (χ0v) is 12.4. The molecule has 1 unspecified atom stereocenters. The summed E-state index contributed by atoms with van der Waals surface area (Å²) in [4.78, 5) is 13.7. The van der Waals surface area contributed by atoms with Gasteiger partial charge in [-0.2, -0.15) is 0 Å². The highest BCUT2D eigenvalue weighted by molar-refractivity contribution is 5.84. The van der Waals surface area contributed by atoms with Gasteiger partial charge in [-0.25, -0.2) is 8.78 Å². The van der Waals surface area contributed by atoms with Gasteiger partial charge < -0.3 is 10.6 Å². The molecule has 0 saturated carbocycles. The molecule has 0 aliphatic carbocycles. The largest absolute Gasteiger partial charge is 0.327 e. The molecule has 5 heteroatoms. The Kier molecular flexibility index (Phi) is 4.21. The van der Waals surface area contributed by atoms with E-state index in [0.29, 0.717) is 5.57 Å². The minimum absolute atomic E-state index is 0.129. The van der Waals surface area contributed by atoms with Gasteiger partial charge in [-0.15, -0.1) is 0 Å². The standard InChI is InChI=1S/C18H16F2N2O/c19-14-6-7-16(20)15(9-14)13-8-17(12-4-2-1-3-5-12)22(11-13)18(23)10-21/h1-9,17H,10-11,21H2. The summed E-state index contributed by atoms with van der Waals surface area (Å²) in [7, 11) is 0.